The number of rotatable bonds is 6. The van der Waals surface area contributed by atoms with E-state index in [1.54, 1.807) is 30.3 Å². The van der Waals surface area contributed by atoms with E-state index in [4.69, 9.17) is 9.47 Å². The van der Waals surface area contributed by atoms with Crippen LogP contribution < -0.4 is 0 Å². The van der Waals surface area contributed by atoms with Gasteiger partial charge in [0.05, 0.1) is 11.5 Å². The number of hydrogen-bond acceptors (Lipinski definition) is 5. The number of hydrogen-bond donors (Lipinski definition) is 0. The molecule has 1 unspecified atom stereocenters. The molecule has 0 spiro atoms. The van der Waals surface area contributed by atoms with Crippen LogP contribution in [-0.2, 0) is 24.1 Å². The summed E-state index contributed by atoms with van der Waals surface area (Å²) in [6, 6.07) is 14.6. The molecule has 9 heteroatoms. The molecule has 2 rings (SSSR count). The second-order valence-corrected chi connectivity index (χ2v) is 7.98. The first-order valence-corrected chi connectivity index (χ1v) is 10.5. The minimum atomic E-state index is -5.18. The molecule has 0 aliphatic heterocycles. The highest BCUT2D eigenvalue weighted by Crippen LogP contribution is 2.36. The van der Waals surface area contributed by atoms with Crippen molar-refractivity contribution in [3.8, 4) is 11.8 Å². The van der Waals surface area contributed by atoms with Crippen LogP contribution in [0.5, 0.6) is 0 Å². The Balaban J connectivity index is 2.82. The second-order valence-electron chi connectivity index (χ2n) is 6.07. The largest absolute Gasteiger partial charge is 0.488 e. The molecule has 164 valence electrons. The number of carbonyl (C=O) groups is 1. The first-order chi connectivity index (χ1) is 14.6. The SMILES string of the molecule is CCO/C(=C(\C(C#Cc1ccccc1)OC(C)=O)S(=O)(=O)c1ccccc1)C(F)(F)F. The Kier molecular flexibility index (Phi) is 7.89. The number of halogens is 3. The maximum Gasteiger partial charge on any atom is 0.450 e. The highest BCUT2D eigenvalue weighted by Gasteiger charge is 2.46. The summed E-state index contributed by atoms with van der Waals surface area (Å²) < 4.78 is 77.6. The highest BCUT2D eigenvalue weighted by molar-refractivity contribution is 7.95. The Morgan fingerprint density at radius 3 is 2.06 bits per heavy atom. The Hall–Kier alpha value is -3.25. The number of allylic oxidation sites excluding steroid dienone is 1. The number of sulfone groups is 1. The summed E-state index contributed by atoms with van der Waals surface area (Å²) in [4.78, 5) is 9.92. The van der Waals surface area contributed by atoms with Gasteiger partial charge in [-0.2, -0.15) is 13.2 Å². The van der Waals surface area contributed by atoms with Crippen LogP contribution in [0.4, 0.5) is 13.2 Å². The van der Waals surface area contributed by atoms with Crippen molar-refractivity contribution >= 4 is 15.8 Å². The molecular weight excluding hydrogens is 433 g/mol. The molecule has 0 saturated heterocycles. The summed E-state index contributed by atoms with van der Waals surface area (Å²) in [6.07, 6.45) is -7.23. The lowest BCUT2D eigenvalue weighted by molar-refractivity contribution is -0.144. The van der Waals surface area contributed by atoms with E-state index in [9.17, 15) is 26.4 Å². The van der Waals surface area contributed by atoms with E-state index in [0.29, 0.717) is 5.56 Å². The zero-order valence-corrected chi connectivity index (χ0v) is 17.5. The third-order valence-electron chi connectivity index (χ3n) is 3.76. The third-order valence-corrected chi connectivity index (χ3v) is 5.63. The van der Waals surface area contributed by atoms with E-state index in [1.807, 2.05) is 0 Å². The van der Waals surface area contributed by atoms with Crippen molar-refractivity contribution in [2.75, 3.05) is 6.61 Å². The third kappa shape index (κ3) is 6.36. The number of carbonyl (C=O) groups excluding carboxylic acids is 1. The van der Waals surface area contributed by atoms with E-state index < -0.39 is 50.3 Å². The lowest BCUT2D eigenvalue weighted by Gasteiger charge is -2.21. The van der Waals surface area contributed by atoms with Crippen molar-refractivity contribution in [3.05, 3.63) is 76.9 Å². The molecule has 5 nitrogen and oxygen atoms in total. The highest BCUT2D eigenvalue weighted by atomic mass is 32.2. The van der Waals surface area contributed by atoms with Crippen molar-refractivity contribution in [3.63, 3.8) is 0 Å². The van der Waals surface area contributed by atoms with Crippen molar-refractivity contribution in [1.82, 2.24) is 0 Å². The number of alkyl halides is 3. The summed E-state index contributed by atoms with van der Waals surface area (Å²) in [6.45, 7) is 1.74. The fourth-order valence-electron chi connectivity index (χ4n) is 2.53. The Morgan fingerprint density at radius 1 is 1.03 bits per heavy atom. The summed E-state index contributed by atoms with van der Waals surface area (Å²) in [7, 11) is -4.80. The van der Waals surface area contributed by atoms with Crippen LogP contribution in [0.3, 0.4) is 0 Å². The smallest absolute Gasteiger partial charge is 0.450 e. The number of benzene rings is 2. The average Bonchev–Trinajstić information content (AvgIpc) is 2.71. The molecule has 0 aliphatic rings. The standard InChI is InChI=1S/C22H19F3O5S/c1-3-29-21(22(23,24)25)20(31(27,28)18-12-8-5-9-13-18)19(30-16(2)26)15-14-17-10-6-4-7-11-17/h4-13,19H,3H2,1-2H3/b21-20+. The Bertz CT molecular complexity index is 1100. The van der Waals surface area contributed by atoms with Gasteiger partial charge in [0.25, 0.3) is 0 Å². The molecule has 0 amide bonds. The van der Waals surface area contributed by atoms with E-state index >= 15 is 0 Å². The van der Waals surface area contributed by atoms with Crippen LogP contribution in [-0.4, -0.2) is 33.3 Å². The maximum absolute atomic E-state index is 13.8. The molecule has 2 aromatic carbocycles. The lowest BCUT2D eigenvalue weighted by Crippen LogP contribution is -2.30. The fraction of sp³-hybridized carbons (Fsp3) is 0.227. The minimum Gasteiger partial charge on any atom is -0.488 e. The predicted molar refractivity (Wildman–Crippen MR) is 107 cm³/mol. The van der Waals surface area contributed by atoms with E-state index in [0.717, 1.165) is 19.1 Å². The van der Waals surface area contributed by atoms with Crippen molar-refractivity contribution < 1.29 is 35.9 Å². The van der Waals surface area contributed by atoms with Gasteiger partial charge in [0.15, 0.2) is 0 Å². The predicted octanol–water partition coefficient (Wildman–Crippen LogP) is 4.25. The van der Waals surface area contributed by atoms with Gasteiger partial charge in [-0.1, -0.05) is 42.3 Å². The van der Waals surface area contributed by atoms with Gasteiger partial charge in [-0.25, -0.2) is 8.42 Å². The van der Waals surface area contributed by atoms with Gasteiger partial charge >= 0.3 is 12.1 Å². The van der Waals surface area contributed by atoms with Crippen molar-refractivity contribution in [2.24, 2.45) is 0 Å². The summed E-state index contributed by atoms with van der Waals surface area (Å²) >= 11 is 0. The lowest BCUT2D eigenvalue weighted by atomic mass is 10.2. The first kappa shape index (κ1) is 24.0. The summed E-state index contributed by atoms with van der Waals surface area (Å²) in [5, 5.41) is 0. The second kappa shape index (κ2) is 10.2. The van der Waals surface area contributed by atoms with Gasteiger partial charge < -0.3 is 9.47 Å². The van der Waals surface area contributed by atoms with Crippen molar-refractivity contribution in [2.45, 2.75) is 31.0 Å². The van der Waals surface area contributed by atoms with Gasteiger partial charge in [0.1, 0.15) is 4.91 Å². The monoisotopic (exact) mass is 452 g/mol. The minimum absolute atomic E-state index is 0.390. The molecule has 31 heavy (non-hydrogen) atoms. The molecule has 0 aromatic heterocycles. The van der Waals surface area contributed by atoms with Gasteiger partial charge in [0.2, 0.25) is 21.7 Å². The van der Waals surface area contributed by atoms with Crippen LogP contribution in [0, 0.1) is 11.8 Å². The zero-order valence-electron chi connectivity index (χ0n) is 16.6. The van der Waals surface area contributed by atoms with Crippen LogP contribution >= 0.6 is 0 Å². The van der Waals surface area contributed by atoms with Crippen LogP contribution in [0.1, 0.15) is 19.4 Å². The molecule has 0 bridgehead atoms. The molecule has 0 saturated carbocycles. The van der Waals surface area contributed by atoms with E-state index in [2.05, 4.69) is 11.8 Å². The van der Waals surface area contributed by atoms with Gasteiger partial charge in [-0.3, -0.25) is 4.79 Å². The van der Waals surface area contributed by atoms with Gasteiger partial charge in [-0.05, 0) is 37.1 Å². The Labute approximate surface area is 178 Å². The maximum atomic E-state index is 13.8. The molecule has 0 N–H and O–H groups in total. The first-order valence-electron chi connectivity index (χ1n) is 9.05. The number of esters is 1. The van der Waals surface area contributed by atoms with Crippen LogP contribution in [0.15, 0.2) is 76.2 Å². The van der Waals surface area contributed by atoms with Gasteiger partial charge in [0, 0.05) is 12.5 Å². The average molecular weight is 452 g/mol. The summed E-state index contributed by atoms with van der Waals surface area (Å²) in [5.41, 5.74) is 0.390. The molecule has 0 aliphatic carbocycles. The fourth-order valence-corrected chi connectivity index (χ4v) is 4.11. The molecule has 1 atom stereocenters. The van der Waals surface area contributed by atoms with E-state index in [-0.39, 0.29) is 0 Å². The zero-order chi connectivity index (χ0) is 23.1. The topological polar surface area (TPSA) is 69.7 Å². The quantitative estimate of drug-likeness (QED) is 0.372. The Morgan fingerprint density at radius 2 is 1.58 bits per heavy atom. The normalized spacial score (nSPS) is 13.3. The van der Waals surface area contributed by atoms with Crippen LogP contribution in [0.2, 0.25) is 0 Å². The van der Waals surface area contributed by atoms with E-state index in [1.165, 1.54) is 25.1 Å². The van der Waals surface area contributed by atoms with Crippen molar-refractivity contribution in [1.29, 1.82) is 0 Å². The molecule has 0 radical (unpaired) electrons. The van der Waals surface area contributed by atoms with Crippen LogP contribution in [0.25, 0.3) is 0 Å². The molecular formula is C22H19F3O5S. The molecule has 2 aromatic rings. The summed E-state index contributed by atoms with van der Waals surface area (Å²) in [5.74, 6) is 2.11. The van der Waals surface area contributed by atoms with Gasteiger partial charge in [-0.15, -0.1) is 0 Å². The number of ether oxygens (including phenoxy) is 2. The molecule has 0 heterocycles. The molecule has 0 fully saturated rings.